The normalized spacial score (nSPS) is 22.0. The van der Waals surface area contributed by atoms with Gasteiger partial charge in [-0.3, -0.25) is 9.45 Å². The van der Waals surface area contributed by atoms with Gasteiger partial charge in [0.2, 0.25) is 0 Å². The van der Waals surface area contributed by atoms with Crippen LogP contribution < -0.4 is 0 Å². The van der Waals surface area contributed by atoms with Crippen molar-refractivity contribution in [1.82, 2.24) is 9.21 Å². The van der Waals surface area contributed by atoms with Crippen molar-refractivity contribution in [2.24, 2.45) is 0 Å². The third-order valence-corrected chi connectivity index (χ3v) is 3.09. The minimum atomic E-state index is -4.02. The van der Waals surface area contributed by atoms with Gasteiger partial charge in [0.1, 0.15) is 0 Å². The number of β-amino-alcohol motifs (C(OH)–C–C–N with tert-alkyl or cyclic N) is 1. The molecule has 7 heteroatoms. The van der Waals surface area contributed by atoms with Crippen LogP contribution in [0.5, 0.6) is 0 Å². The van der Waals surface area contributed by atoms with Gasteiger partial charge in [-0.2, -0.15) is 12.7 Å². The molecule has 0 amide bonds. The first-order valence-electron chi connectivity index (χ1n) is 4.10. The van der Waals surface area contributed by atoms with Gasteiger partial charge >= 0.3 is 10.3 Å². The van der Waals surface area contributed by atoms with Crippen LogP contribution in [-0.4, -0.2) is 66.6 Å². The zero-order valence-electron chi connectivity index (χ0n) is 7.26. The summed E-state index contributed by atoms with van der Waals surface area (Å²) >= 11 is 0. The molecule has 78 valence electrons. The van der Waals surface area contributed by atoms with E-state index < -0.39 is 10.3 Å². The molecule has 0 radical (unpaired) electrons. The predicted molar refractivity (Wildman–Crippen MR) is 46.6 cm³/mol. The number of nitrogens with zero attached hydrogens (tertiary/aromatic N) is 2. The lowest BCUT2D eigenvalue weighted by Crippen LogP contribution is -2.49. The molecule has 0 aromatic rings. The van der Waals surface area contributed by atoms with Crippen molar-refractivity contribution in [2.75, 3.05) is 39.3 Å². The highest BCUT2D eigenvalue weighted by atomic mass is 32.2. The summed E-state index contributed by atoms with van der Waals surface area (Å²) in [7, 11) is -4.02. The van der Waals surface area contributed by atoms with E-state index in [1.54, 1.807) is 0 Å². The lowest BCUT2D eigenvalue weighted by atomic mass is 10.4. The number of hydrogen-bond acceptors (Lipinski definition) is 4. The average molecular weight is 210 g/mol. The minimum Gasteiger partial charge on any atom is -0.395 e. The van der Waals surface area contributed by atoms with Crippen molar-refractivity contribution in [3.05, 3.63) is 0 Å². The smallest absolute Gasteiger partial charge is 0.335 e. The molecule has 0 aromatic carbocycles. The van der Waals surface area contributed by atoms with E-state index in [9.17, 15) is 8.42 Å². The van der Waals surface area contributed by atoms with Crippen LogP contribution in [0.1, 0.15) is 0 Å². The van der Waals surface area contributed by atoms with E-state index in [0.717, 1.165) is 4.31 Å². The first-order valence-corrected chi connectivity index (χ1v) is 5.49. The van der Waals surface area contributed by atoms with E-state index in [2.05, 4.69) is 0 Å². The Morgan fingerprint density at radius 1 is 1.15 bits per heavy atom. The summed E-state index contributed by atoms with van der Waals surface area (Å²) in [4.78, 5) is 1.95. The van der Waals surface area contributed by atoms with Crippen LogP contribution in [0.2, 0.25) is 0 Å². The molecule has 1 rings (SSSR count). The Bertz CT molecular complexity index is 245. The molecule has 2 N–H and O–H groups in total. The molecule has 0 atom stereocenters. The quantitative estimate of drug-likeness (QED) is 0.548. The van der Waals surface area contributed by atoms with Crippen LogP contribution in [0.4, 0.5) is 0 Å². The maximum Gasteiger partial charge on any atom is 0.335 e. The van der Waals surface area contributed by atoms with Crippen molar-refractivity contribution >= 4 is 10.3 Å². The molecule has 0 unspecified atom stereocenters. The molecule has 1 fully saturated rings. The van der Waals surface area contributed by atoms with Gasteiger partial charge in [-0.15, -0.1) is 0 Å². The number of rotatable bonds is 3. The van der Waals surface area contributed by atoms with Gasteiger partial charge in [0, 0.05) is 32.7 Å². The second-order valence-corrected chi connectivity index (χ2v) is 4.35. The lowest BCUT2D eigenvalue weighted by Gasteiger charge is -2.31. The van der Waals surface area contributed by atoms with Crippen molar-refractivity contribution in [2.45, 2.75) is 0 Å². The SMILES string of the molecule is O=S(=O)(O)N1CCN(CCO)CC1. The Balaban J connectivity index is 2.39. The van der Waals surface area contributed by atoms with Crippen molar-refractivity contribution in [1.29, 1.82) is 0 Å². The monoisotopic (exact) mass is 210 g/mol. The summed E-state index contributed by atoms with van der Waals surface area (Å²) in [5, 5.41) is 8.62. The van der Waals surface area contributed by atoms with Gasteiger partial charge in [-0.1, -0.05) is 0 Å². The molecule has 6 nitrogen and oxygen atoms in total. The lowest BCUT2D eigenvalue weighted by molar-refractivity contribution is 0.147. The number of aliphatic hydroxyl groups is 1. The van der Waals surface area contributed by atoms with Crippen molar-refractivity contribution < 1.29 is 18.1 Å². The third kappa shape index (κ3) is 3.20. The summed E-state index contributed by atoms with van der Waals surface area (Å²) < 4.78 is 31.0. The van der Waals surface area contributed by atoms with Crippen molar-refractivity contribution in [3.63, 3.8) is 0 Å². The second-order valence-electron chi connectivity index (χ2n) is 2.94. The molecule has 0 saturated carbocycles. The first kappa shape index (κ1) is 10.9. The first-order chi connectivity index (χ1) is 6.04. The van der Waals surface area contributed by atoms with E-state index in [4.69, 9.17) is 9.66 Å². The Morgan fingerprint density at radius 2 is 1.69 bits per heavy atom. The van der Waals surface area contributed by atoms with E-state index in [1.165, 1.54) is 0 Å². The van der Waals surface area contributed by atoms with E-state index in [1.807, 2.05) is 4.90 Å². The zero-order chi connectivity index (χ0) is 9.90. The Kier molecular flexibility index (Phi) is 3.63. The molecular formula is C6H14N2O4S. The summed E-state index contributed by atoms with van der Waals surface area (Å²) in [6, 6.07) is 0. The Labute approximate surface area is 77.6 Å². The van der Waals surface area contributed by atoms with Gasteiger partial charge in [0.25, 0.3) is 0 Å². The van der Waals surface area contributed by atoms with Crippen LogP contribution in [0.3, 0.4) is 0 Å². The predicted octanol–water partition coefficient (Wildman–Crippen LogP) is -1.60. The fraction of sp³-hybridized carbons (Fsp3) is 1.00. The molecule has 0 aromatic heterocycles. The summed E-state index contributed by atoms with van der Waals surface area (Å²) in [5.41, 5.74) is 0. The van der Waals surface area contributed by atoms with E-state index in [-0.39, 0.29) is 6.61 Å². The highest BCUT2D eigenvalue weighted by molar-refractivity contribution is 7.83. The Hall–Kier alpha value is -0.210. The molecule has 1 heterocycles. The fourth-order valence-corrected chi connectivity index (χ4v) is 1.95. The van der Waals surface area contributed by atoms with Gasteiger partial charge in [0.15, 0.2) is 0 Å². The number of hydrogen-bond donors (Lipinski definition) is 2. The summed E-state index contributed by atoms with van der Waals surface area (Å²) in [5.74, 6) is 0. The molecule has 1 aliphatic heterocycles. The fourth-order valence-electron chi connectivity index (χ4n) is 1.33. The topological polar surface area (TPSA) is 81.1 Å². The Morgan fingerprint density at radius 3 is 2.08 bits per heavy atom. The maximum absolute atomic E-state index is 10.7. The third-order valence-electron chi connectivity index (χ3n) is 2.07. The highest BCUT2D eigenvalue weighted by Crippen LogP contribution is 2.04. The van der Waals surface area contributed by atoms with E-state index in [0.29, 0.717) is 32.7 Å². The van der Waals surface area contributed by atoms with Crippen LogP contribution in [-0.2, 0) is 10.3 Å². The van der Waals surface area contributed by atoms with Crippen molar-refractivity contribution in [3.8, 4) is 0 Å². The van der Waals surface area contributed by atoms with Crippen LogP contribution in [0.15, 0.2) is 0 Å². The minimum absolute atomic E-state index is 0.0753. The standard InChI is InChI=1S/C6H14N2O4S/c9-6-5-7-1-3-8(4-2-7)13(10,11)12/h9H,1-6H2,(H,10,11,12). The van der Waals surface area contributed by atoms with Gasteiger partial charge in [0.05, 0.1) is 6.61 Å². The molecular weight excluding hydrogens is 196 g/mol. The van der Waals surface area contributed by atoms with Crippen LogP contribution in [0.25, 0.3) is 0 Å². The average Bonchev–Trinajstić information content (AvgIpc) is 2.04. The largest absolute Gasteiger partial charge is 0.395 e. The highest BCUT2D eigenvalue weighted by Gasteiger charge is 2.24. The molecule has 1 aliphatic rings. The van der Waals surface area contributed by atoms with E-state index >= 15 is 0 Å². The number of aliphatic hydroxyl groups excluding tert-OH is 1. The molecule has 0 bridgehead atoms. The second kappa shape index (κ2) is 4.34. The van der Waals surface area contributed by atoms with Crippen LogP contribution >= 0.6 is 0 Å². The summed E-state index contributed by atoms with van der Waals surface area (Å²) in [6.45, 7) is 2.32. The van der Waals surface area contributed by atoms with Gasteiger partial charge < -0.3 is 5.11 Å². The zero-order valence-corrected chi connectivity index (χ0v) is 8.07. The molecule has 0 aliphatic carbocycles. The van der Waals surface area contributed by atoms with Gasteiger partial charge in [-0.05, 0) is 0 Å². The molecule has 0 spiro atoms. The summed E-state index contributed by atoms with van der Waals surface area (Å²) in [6.07, 6.45) is 0. The van der Waals surface area contributed by atoms with Crippen LogP contribution in [0, 0.1) is 0 Å². The van der Waals surface area contributed by atoms with Gasteiger partial charge in [-0.25, -0.2) is 0 Å². The molecule has 13 heavy (non-hydrogen) atoms. The number of piperazine rings is 1. The maximum atomic E-state index is 10.7. The molecule has 1 saturated heterocycles.